The van der Waals surface area contributed by atoms with Crippen molar-refractivity contribution in [2.24, 2.45) is 5.73 Å². The van der Waals surface area contributed by atoms with E-state index in [0.717, 1.165) is 0 Å². The van der Waals surface area contributed by atoms with E-state index in [1.54, 1.807) is 24.3 Å². The van der Waals surface area contributed by atoms with Gasteiger partial charge >= 0.3 is 0 Å². The summed E-state index contributed by atoms with van der Waals surface area (Å²) >= 11 is 0. The number of hydrogen-bond donors (Lipinski definition) is 1. The fourth-order valence-electron chi connectivity index (χ4n) is 1.21. The summed E-state index contributed by atoms with van der Waals surface area (Å²) in [5.41, 5.74) is 6.14. The van der Waals surface area contributed by atoms with E-state index in [2.05, 4.69) is 4.84 Å². The second-order valence-corrected chi connectivity index (χ2v) is 2.83. The lowest BCUT2D eigenvalue weighted by Crippen LogP contribution is -2.15. The average Bonchev–Trinajstić information content (AvgIpc) is 2.17. The highest BCUT2D eigenvalue weighted by Gasteiger charge is 2.07. The number of nitrogens with zero attached hydrogens (tertiary/aromatic N) is 1. The van der Waals surface area contributed by atoms with Crippen LogP contribution in [0, 0.1) is 10.1 Å². The van der Waals surface area contributed by atoms with E-state index in [9.17, 15) is 14.9 Å². The molecule has 0 aliphatic heterocycles. The summed E-state index contributed by atoms with van der Waals surface area (Å²) in [7, 11) is 0. The molecule has 1 aromatic rings. The highest BCUT2D eigenvalue weighted by atomic mass is 16.9. The Labute approximate surface area is 85.7 Å². The molecule has 0 atom stereocenters. The van der Waals surface area contributed by atoms with Crippen molar-refractivity contribution in [3.05, 3.63) is 45.5 Å². The third-order valence-corrected chi connectivity index (χ3v) is 1.85. The molecule has 1 rings (SSSR count). The molecule has 1 amide bonds. The van der Waals surface area contributed by atoms with Crippen molar-refractivity contribution < 1.29 is 14.7 Å². The first kappa shape index (κ1) is 11.0. The van der Waals surface area contributed by atoms with Crippen LogP contribution in [0.5, 0.6) is 0 Å². The van der Waals surface area contributed by atoms with Crippen molar-refractivity contribution in [3.8, 4) is 0 Å². The smallest absolute Gasteiger partial charge is 0.294 e. The summed E-state index contributed by atoms with van der Waals surface area (Å²) in [4.78, 5) is 25.0. The molecule has 0 unspecified atom stereocenters. The van der Waals surface area contributed by atoms with Crippen molar-refractivity contribution in [1.82, 2.24) is 0 Å². The molecule has 80 valence electrons. The van der Waals surface area contributed by atoms with Crippen LogP contribution in [0.25, 0.3) is 0 Å². The van der Waals surface area contributed by atoms with Crippen LogP contribution >= 0.6 is 0 Å². The van der Waals surface area contributed by atoms with Gasteiger partial charge in [-0.1, -0.05) is 18.2 Å². The Morgan fingerprint density at radius 2 is 2.13 bits per heavy atom. The molecule has 0 saturated carbocycles. The van der Waals surface area contributed by atoms with Crippen LogP contribution in [0.2, 0.25) is 0 Å². The molecule has 0 aliphatic carbocycles. The van der Waals surface area contributed by atoms with Crippen molar-refractivity contribution >= 4 is 5.91 Å². The standard InChI is InChI=1S/C9H10N2O4/c10-9(12)8-4-2-1-3-7(8)5-6-15-11(13)14/h1-4H,5-6H2,(H2,10,12). The number of rotatable bonds is 5. The van der Waals surface area contributed by atoms with Gasteiger partial charge in [0.15, 0.2) is 0 Å². The molecule has 0 saturated heterocycles. The van der Waals surface area contributed by atoms with Crippen molar-refractivity contribution in [3.63, 3.8) is 0 Å². The van der Waals surface area contributed by atoms with E-state index in [1.165, 1.54) is 0 Å². The van der Waals surface area contributed by atoms with Gasteiger partial charge < -0.3 is 10.6 Å². The van der Waals surface area contributed by atoms with E-state index in [-0.39, 0.29) is 13.0 Å². The van der Waals surface area contributed by atoms with Gasteiger partial charge in [0.1, 0.15) is 6.61 Å². The lowest BCUT2D eigenvalue weighted by molar-refractivity contribution is -0.757. The molecule has 1 aromatic carbocycles. The maximum absolute atomic E-state index is 11.0. The predicted molar refractivity (Wildman–Crippen MR) is 51.6 cm³/mol. The molecule has 0 spiro atoms. The topological polar surface area (TPSA) is 95.5 Å². The third-order valence-electron chi connectivity index (χ3n) is 1.85. The van der Waals surface area contributed by atoms with Gasteiger partial charge in [0.05, 0.1) is 0 Å². The molecule has 0 heterocycles. The van der Waals surface area contributed by atoms with Gasteiger partial charge in [0.25, 0.3) is 5.09 Å². The maximum Gasteiger partial charge on any atom is 0.294 e. The van der Waals surface area contributed by atoms with Crippen molar-refractivity contribution in [2.75, 3.05) is 6.61 Å². The Balaban J connectivity index is 2.67. The summed E-state index contributed by atoms with van der Waals surface area (Å²) in [5.74, 6) is -0.549. The van der Waals surface area contributed by atoms with Gasteiger partial charge in [-0.15, -0.1) is 10.1 Å². The van der Waals surface area contributed by atoms with Crippen LogP contribution in [0.3, 0.4) is 0 Å². The van der Waals surface area contributed by atoms with E-state index in [1.807, 2.05) is 0 Å². The quantitative estimate of drug-likeness (QED) is 0.566. The molecule has 2 N–H and O–H groups in total. The number of amides is 1. The van der Waals surface area contributed by atoms with E-state index in [0.29, 0.717) is 11.1 Å². The Morgan fingerprint density at radius 3 is 2.73 bits per heavy atom. The van der Waals surface area contributed by atoms with Crippen LogP contribution in [0.4, 0.5) is 0 Å². The number of carbonyl (C=O) groups is 1. The van der Waals surface area contributed by atoms with E-state index in [4.69, 9.17) is 5.73 Å². The van der Waals surface area contributed by atoms with Crippen molar-refractivity contribution in [1.29, 1.82) is 0 Å². The minimum Gasteiger partial charge on any atom is -0.366 e. The molecule has 0 radical (unpaired) electrons. The maximum atomic E-state index is 11.0. The largest absolute Gasteiger partial charge is 0.366 e. The molecule has 15 heavy (non-hydrogen) atoms. The Hall–Kier alpha value is -2.11. The van der Waals surface area contributed by atoms with Crippen LogP contribution in [-0.2, 0) is 11.3 Å². The Bertz CT molecular complexity index is 378. The van der Waals surface area contributed by atoms with Crippen molar-refractivity contribution in [2.45, 2.75) is 6.42 Å². The van der Waals surface area contributed by atoms with Gasteiger partial charge in [-0.05, 0) is 18.1 Å². The van der Waals surface area contributed by atoms with Crippen LogP contribution in [0.1, 0.15) is 15.9 Å². The minimum atomic E-state index is -0.868. The first-order valence-corrected chi connectivity index (χ1v) is 4.26. The second kappa shape index (κ2) is 4.94. The monoisotopic (exact) mass is 210 g/mol. The Kier molecular flexibility index (Phi) is 3.61. The number of primary amides is 1. The molecule has 0 aromatic heterocycles. The predicted octanol–water partition coefficient (Wildman–Crippen LogP) is 0.536. The normalized spacial score (nSPS) is 9.60. The zero-order valence-electron chi connectivity index (χ0n) is 7.88. The zero-order chi connectivity index (χ0) is 11.3. The van der Waals surface area contributed by atoms with Gasteiger partial charge in [-0.25, -0.2) is 0 Å². The fourth-order valence-corrected chi connectivity index (χ4v) is 1.21. The molecule has 0 bridgehead atoms. The number of nitrogens with two attached hydrogens (primary N) is 1. The summed E-state index contributed by atoms with van der Waals surface area (Å²) in [6.07, 6.45) is 0.278. The SMILES string of the molecule is NC(=O)c1ccccc1CCO[N+](=O)[O-]. The highest BCUT2D eigenvalue weighted by molar-refractivity contribution is 5.94. The Morgan fingerprint density at radius 1 is 1.47 bits per heavy atom. The van der Waals surface area contributed by atoms with E-state index < -0.39 is 11.0 Å². The molecule has 0 fully saturated rings. The van der Waals surface area contributed by atoms with Gasteiger partial charge in [-0.3, -0.25) is 4.79 Å². The number of benzene rings is 1. The van der Waals surface area contributed by atoms with Gasteiger partial charge in [0, 0.05) is 5.56 Å². The van der Waals surface area contributed by atoms with Crippen LogP contribution < -0.4 is 5.73 Å². The minimum absolute atomic E-state index is 0.0860. The van der Waals surface area contributed by atoms with Crippen LogP contribution in [-0.4, -0.2) is 17.6 Å². The number of hydrogen-bond acceptors (Lipinski definition) is 4. The summed E-state index contributed by atoms with van der Waals surface area (Å²) in [5, 5.41) is 9.03. The summed E-state index contributed by atoms with van der Waals surface area (Å²) in [6.45, 7) is -0.0860. The second-order valence-electron chi connectivity index (χ2n) is 2.83. The van der Waals surface area contributed by atoms with Crippen LogP contribution in [0.15, 0.2) is 24.3 Å². The molecule has 6 nitrogen and oxygen atoms in total. The first-order chi connectivity index (χ1) is 7.11. The zero-order valence-corrected chi connectivity index (χ0v) is 7.88. The molecule has 6 heteroatoms. The third kappa shape index (κ3) is 3.26. The first-order valence-electron chi connectivity index (χ1n) is 4.26. The molecular weight excluding hydrogens is 200 g/mol. The lowest BCUT2D eigenvalue weighted by Gasteiger charge is -2.04. The summed E-state index contributed by atoms with van der Waals surface area (Å²) in [6, 6.07) is 6.67. The molecular formula is C9H10N2O4. The fraction of sp³-hybridized carbons (Fsp3) is 0.222. The lowest BCUT2D eigenvalue weighted by atomic mass is 10.0. The van der Waals surface area contributed by atoms with E-state index >= 15 is 0 Å². The molecule has 0 aliphatic rings. The van der Waals surface area contributed by atoms with Gasteiger partial charge in [0.2, 0.25) is 5.91 Å². The highest BCUT2D eigenvalue weighted by Crippen LogP contribution is 2.08. The van der Waals surface area contributed by atoms with Gasteiger partial charge in [-0.2, -0.15) is 0 Å². The average molecular weight is 210 g/mol. The summed E-state index contributed by atoms with van der Waals surface area (Å²) < 4.78 is 0. The number of carbonyl (C=O) groups excluding carboxylic acids is 1.